The van der Waals surface area contributed by atoms with Crippen molar-refractivity contribution in [1.29, 1.82) is 0 Å². The minimum absolute atomic E-state index is 0. The standard InChI is InChI=1S/C14H14ClN.ClH/c15-13-8-6-12(7-9-13)14(16)10-11-4-2-1-3-5-11;/h1-9,14H,10,16H2;1H. The van der Waals surface area contributed by atoms with Gasteiger partial charge in [0, 0.05) is 11.1 Å². The van der Waals surface area contributed by atoms with E-state index in [2.05, 4.69) is 12.1 Å². The minimum Gasteiger partial charge on any atom is -0.324 e. The van der Waals surface area contributed by atoms with E-state index in [0.717, 1.165) is 17.0 Å². The Morgan fingerprint density at radius 2 is 1.53 bits per heavy atom. The molecule has 3 heteroatoms. The van der Waals surface area contributed by atoms with Crippen LogP contribution in [0.1, 0.15) is 17.2 Å². The molecule has 1 nitrogen and oxygen atoms in total. The highest BCUT2D eigenvalue weighted by Crippen LogP contribution is 2.18. The normalized spacial score (nSPS) is 11.6. The highest BCUT2D eigenvalue weighted by molar-refractivity contribution is 6.30. The molecule has 0 fully saturated rings. The van der Waals surface area contributed by atoms with E-state index in [1.54, 1.807) is 0 Å². The average molecular weight is 268 g/mol. The Balaban J connectivity index is 0.00000144. The Morgan fingerprint density at radius 1 is 0.941 bits per heavy atom. The van der Waals surface area contributed by atoms with Crippen LogP contribution in [0.3, 0.4) is 0 Å². The molecule has 0 amide bonds. The topological polar surface area (TPSA) is 26.0 Å². The fourth-order valence-corrected chi connectivity index (χ4v) is 1.82. The molecular weight excluding hydrogens is 253 g/mol. The molecule has 0 aliphatic heterocycles. The van der Waals surface area contributed by atoms with Crippen LogP contribution in [-0.2, 0) is 6.42 Å². The van der Waals surface area contributed by atoms with Crippen LogP contribution < -0.4 is 5.73 Å². The summed E-state index contributed by atoms with van der Waals surface area (Å²) < 4.78 is 0. The number of benzene rings is 2. The van der Waals surface area contributed by atoms with Gasteiger partial charge in [-0.05, 0) is 29.7 Å². The van der Waals surface area contributed by atoms with E-state index < -0.39 is 0 Å². The fourth-order valence-electron chi connectivity index (χ4n) is 1.70. The van der Waals surface area contributed by atoms with Crippen LogP contribution >= 0.6 is 24.0 Å². The number of nitrogens with two attached hydrogens (primary N) is 1. The molecular formula is C14H15Cl2N. The van der Waals surface area contributed by atoms with Crippen molar-refractivity contribution in [1.82, 2.24) is 0 Å². The van der Waals surface area contributed by atoms with Gasteiger partial charge in [0.1, 0.15) is 0 Å². The second-order valence-electron chi connectivity index (χ2n) is 3.85. The first-order valence-electron chi connectivity index (χ1n) is 5.30. The molecule has 0 spiro atoms. The molecule has 0 aliphatic rings. The Morgan fingerprint density at radius 3 is 2.12 bits per heavy atom. The lowest BCUT2D eigenvalue weighted by atomic mass is 10.00. The molecule has 1 atom stereocenters. The Bertz CT molecular complexity index is 440. The summed E-state index contributed by atoms with van der Waals surface area (Å²) in [6.07, 6.45) is 0.850. The predicted molar refractivity (Wildman–Crippen MR) is 75.8 cm³/mol. The summed E-state index contributed by atoms with van der Waals surface area (Å²) in [6, 6.07) is 18.0. The fraction of sp³-hybridized carbons (Fsp3) is 0.143. The van der Waals surface area contributed by atoms with Crippen molar-refractivity contribution >= 4 is 24.0 Å². The third-order valence-corrected chi connectivity index (χ3v) is 2.85. The lowest BCUT2D eigenvalue weighted by Gasteiger charge is -2.12. The van der Waals surface area contributed by atoms with Gasteiger partial charge in [0.2, 0.25) is 0 Å². The van der Waals surface area contributed by atoms with E-state index in [9.17, 15) is 0 Å². The molecule has 90 valence electrons. The van der Waals surface area contributed by atoms with Crippen molar-refractivity contribution < 1.29 is 0 Å². The molecule has 0 bridgehead atoms. The highest BCUT2D eigenvalue weighted by atomic mass is 35.5. The van der Waals surface area contributed by atoms with Crippen LogP contribution in [0.5, 0.6) is 0 Å². The summed E-state index contributed by atoms with van der Waals surface area (Å²) >= 11 is 5.84. The second-order valence-corrected chi connectivity index (χ2v) is 4.28. The van der Waals surface area contributed by atoms with Crippen LogP contribution in [0.25, 0.3) is 0 Å². The quantitative estimate of drug-likeness (QED) is 0.894. The van der Waals surface area contributed by atoms with Crippen LogP contribution in [0.2, 0.25) is 5.02 Å². The van der Waals surface area contributed by atoms with E-state index in [1.165, 1.54) is 5.56 Å². The first kappa shape index (κ1) is 14.0. The van der Waals surface area contributed by atoms with Crippen molar-refractivity contribution in [3.8, 4) is 0 Å². The number of hydrogen-bond donors (Lipinski definition) is 1. The van der Waals surface area contributed by atoms with Gasteiger partial charge in [-0.1, -0.05) is 54.1 Å². The van der Waals surface area contributed by atoms with Crippen LogP contribution in [0.15, 0.2) is 54.6 Å². The molecule has 0 saturated carbocycles. The highest BCUT2D eigenvalue weighted by Gasteiger charge is 2.06. The van der Waals surface area contributed by atoms with Gasteiger partial charge in [0.05, 0.1) is 0 Å². The maximum atomic E-state index is 6.13. The lowest BCUT2D eigenvalue weighted by molar-refractivity contribution is 0.722. The molecule has 1 unspecified atom stereocenters. The molecule has 0 aliphatic carbocycles. The molecule has 0 saturated heterocycles. The van der Waals surface area contributed by atoms with Crippen molar-refractivity contribution in [3.05, 3.63) is 70.7 Å². The van der Waals surface area contributed by atoms with Crippen molar-refractivity contribution in [3.63, 3.8) is 0 Å². The summed E-state index contributed by atoms with van der Waals surface area (Å²) in [5.41, 5.74) is 8.51. The van der Waals surface area contributed by atoms with Crippen LogP contribution in [0, 0.1) is 0 Å². The van der Waals surface area contributed by atoms with E-state index in [1.807, 2.05) is 42.5 Å². The maximum absolute atomic E-state index is 6.13. The van der Waals surface area contributed by atoms with Crippen molar-refractivity contribution in [2.24, 2.45) is 5.73 Å². The minimum atomic E-state index is 0. The van der Waals surface area contributed by atoms with Gasteiger partial charge in [0.15, 0.2) is 0 Å². The molecule has 2 aromatic carbocycles. The number of hydrogen-bond acceptors (Lipinski definition) is 1. The maximum Gasteiger partial charge on any atom is 0.0406 e. The van der Waals surface area contributed by atoms with E-state index in [0.29, 0.717) is 0 Å². The molecule has 2 aromatic rings. The summed E-state index contributed by atoms with van der Waals surface area (Å²) in [6.45, 7) is 0. The van der Waals surface area contributed by atoms with Gasteiger partial charge < -0.3 is 5.73 Å². The molecule has 0 aromatic heterocycles. The Hall–Kier alpha value is -1.02. The third kappa shape index (κ3) is 4.04. The van der Waals surface area contributed by atoms with Gasteiger partial charge in [-0.3, -0.25) is 0 Å². The summed E-state index contributed by atoms with van der Waals surface area (Å²) in [5.74, 6) is 0. The van der Waals surface area contributed by atoms with E-state index in [4.69, 9.17) is 17.3 Å². The monoisotopic (exact) mass is 267 g/mol. The smallest absolute Gasteiger partial charge is 0.0406 e. The van der Waals surface area contributed by atoms with E-state index in [-0.39, 0.29) is 18.4 Å². The zero-order valence-corrected chi connectivity index (χ0v) is 10.9. The Labute approximate surface area is 113 Å². The largest absolute Gasteiger partial charge is 0.324 e. The Kier molecular flexibility index (Phi) is 5.49. The van der Waals surface area contributed by atoms with Gasteiger partial charge in [0.25, 0.3) is 0 Å². The third-order valence-electron chi connectivity index (χ3n) is 2.60. The molecule has 0 heterocycles. The van der Waals surface area contributed by atoms with Gasteiger partial charge >= 0.3 is 0 Å². The van der Waals surface area contributed by atoms with E-state index >= 15 is 0 Å². The summed E-state index contributed by atoms with van der Waals surface area (Å²) in [7, 11) is 0. The zero-order valence-electron chi connectivity index (χ0n) is 9.34. The zero-order chi connectivity index (χ0) is 11.4. The first-order chi connectivity index (χ1) is 7.75. The summed E-state index contributed by atoms with van der Waals surface area (Å²) in [4.78, 5) is 0. The molecule has 0 radical (unpaired) electrons. The molecule has 17 heavy (non-hydrogen) atoms. The average Bonchev–Trinajstić information content (AvgIpc) is 2.31. The number of halogens is 2. The predicted octanol–water partition coefficient (Wildman–Crippen LogP) is 4.00. The lowest BCUT2D eigenvalue weighted by Crippen LogP contribution is -2.13. The van der Waals surface area contributed by atoms with Crippen LogP contribution in [-0.4, -0.2) is 0 Å². The number of rotatable bonds is 3. The second kappa shape index (κ2) is 6.65. The molecule has 2 rings (SSSR count). The van der Waals surface area contributed by atoms with Crippen molar-refractivity contribution in [2.75, 3.05) is 0 Å². The van der Waals surface area contributed by atoms with Crippen molar-refractivity contribution in [2.45, 2.75) is 12.5 Å². The van der Waals surface area contributed by atoms with Gasteiger partial charge in [-0.2, -0.15) is 0 Å². The summed E-state index contributed by atoms with van der Waals surface area (Å²) in [5, 5.41) is 0.746. The van der Waals surface area contributed by atoms with Crippen LogP contribution in [0.4, 0.5) is 0 Å². The first-order valence-corrected chi connectivity index (χ1v) is 5.68. The molecule has 2 N–H and O–H groups in total. The SMILES string of the molecule is Cl.NC(Cc1ccccc1)c1ccc(Cl)cc1. The van der Waals surface area contributed by atoms with Gasteiger partial charge in [-0.15, -0.1) is 12.4 Å². The van der Waals surface area contributed by atoms with Gasteiger partial charge in [-0.25, -0.2) is 0 Å².